The average molecular weight is 396 g/mol. The van der Waals surface area contributed by atoms with Gasteiger partial charge in [-0.3, -0.25) is 9.59 Å². The van der Waals surface area contributed by atoms with Gasteiger partial charge in [-0.25, -0.2) is 0 Å². The van der Waals surface area contributed by atoms with Gasteiger partial charge in [-0.15, -0.1) is 4.91 Å². The molecular weight excluding hydrogens is 368 g/mol. The van der Waals surface area contributed by atoms with Gasteiger partial charge in [0.15, 0.2) is 11.5 Å². The van der Waals surface area contributed by atoms with E-state index in [9.17, 15) is 14.5 Å². The second-order valence-electron chi connectivity index (χ2n) is 5.92. The Labute approximate surface area is 164 Å². The largest absolute Gasteiger partial charge is 0.493 e. The third kappa shape index (κ3) is 7.49. The Bertz CT molecular complexity index is 668. The van der Waals surface area contributed by atoms with Crippen LogP contribution >= 0.6 is 0 Å². The molecule has 0 saturated carbocycles. The molecule has 0 aromatic heterocycles. The van der Waals surface area contributed by atoms with Crippen LogP contribution in [0.15, 0.2) is 17.3 Å². The Balaban J connectivity index is 2.76. The van der Waals surface area contributed by atoms with Crippen molar-refractivity contribution >= 4 is 17.6 Å². The first-order valence-electron chi connectivity index (χ1n) is 8.91. The minimum absolute atomic E-state index is 0.0112. The number of nitroso groups, excluding NO2 is 1. The molecule has 0 bridgehead atoms. The van der Waals surface area contributed by atoms with Gasteiger partial charge in [-0.05, 0) is 24.6 Å². The zero-order valence-electron chi connectivity index (χ0n) is 16.4. The van der Waals surface area contributed by atoms with Crippen LogP contribution in [-0.2, 0) is 14.3 Å². The van der Waals surface area contributed by atoms with Gasteiger partial charge in [-0.1, -0.05) is 0 Å². The fourth-order valence-electron chi connectivity index (χ4n) is 2.40. The molecule has 0 aliphatic rings. The smallest absolute Gasteiger partial charge is 0.319 e. The first-order valence-corrected chi connectivity index (χ1v) is 8.91. The van der Waals surface area contributed by atoms with Crippen LogP contribution in [0.4, 0.5) is 5.69 Å². The summed E-state index contributed by atoms with van der Waals surface area (Å²) in [6.45, 7) is 2.86. The molecule has 0 heterocycles. The molecule has 1 amide bonds. The molecule has 1 atom stereocenters. The van der Waals surface area contributed by atoms with E-state index in [4.69, 9.17) is 15.2 Å². The average Bonchev–Trinajstić information content (AvgIpc) is 2.72. The Morgan fingerprint density at radius 3 is 2.61 bits per heavy atom. The number of amides is 1. The van der Waals surface area contributed by atoms with E-state index in [2.05, 4.69) is 20.5 Å². The highest BCUT2D eigenvalue weighted by atomic mass is 16.5. The number of hydrogen-bond donors (Lipinski definition) is 3. The van der Waals surface area contributed by atoms with Gasteiger partial charge < -0.3 is 30.6 Å². The molecule has 156 valence electrons. The number of carbonyl (C=O) groups is 2. The molecule has 1 aromatic carbocycles. The molecular formula is C18H28N4O6. The summed E-state index contributed by atoms with van der Waals surface area (Å²) < 4.78 is 15.6. The maximum Gasteiger partial charge on any atom is 0.319 e. The van der Waals surface area contributed by atoms with Crippen LogP contribution < -0.4 is 25.8 Å². The van der Waals surface area contributed by atoms with Crippen molar-refractivity contribution in [1.82, 2.24) is 10.6 Å². The summed E-state index contributed by atoms with van der Waals surface area (Å²) in [5.41, 5.74) is 6.05. The monoisotopic (exact) mass is 396 g/mol. The quantitative estimate of drug-likeness (QED) is 0.256. The topological polar surface area (TPSA) is 141 Å². The summed E-state index contributed by atoms with van der Waals surface area (Å²) in [4.78, 5) is 34.1. The standard InChI is InChI=1S/C18H28N4O6/c1-12(21-11-18(24)27-3)13-9-15(26-2)16(10-14(13)22-25)28-8-4-5-17(23)20-7-6-19/h9-10,12,21H,4-8,11,19H2,1-3H3,(H,20,23)/t12-/m1/s1. The number of rotatable bonds is 13. The molecule has 0 aliphatic carbocycles. The molecule has 28 heavy (non-hydrogen) atoms. The number of nitrogens with two attached hydrogens (primary N) is 1. The molecule has 0 unspecified atom stereocenters. The normalized spacial score (nSPS) is 11.4. The van der Waals surface area contributed by atoms with E-state index in [-0.39, 0.29) is 30.8 Å². The molecule has 0 radical (unpaired) electrons. The summed E-state index contributed by atoms with van der Waals surface area (Å²) in [5, 5.41) is 8.68. The number of ether oxygens (including phenoxy) is 3. The van der Waals surface area contributed by atoms with E-state index in [0.717, 1.165) is 0 Å². The molecule has 0 spiro atoms. The number of nitrogens with one attached hydrogen (secondary N) is 2. The Morgan fingerprint density at radius 2 is 2.00 bits per heavy atom. The SMILES string of the molecule is COC(=O)CN[C@H](C)c1cc(OC)c(OCCCC(=O)NCCN)cc1N=O. The van der Waals surface area contributed by atoms with Gasteiger partial charge in [0.2, 0.25) is 5.91 Å². The van der Waals surface area contributed by atoms with Crippen molar-refractivity contribution in [2.45, 2.75) is 25.8 Å². The van der Waals surface area contributed by atoms with Crippen molar-refractivity contribution in [3.63, 3.8) is 0 Å². The van der Waals surface area contributed by atoms with Crippen molar-refractivity contribution < 1.29 is 23.8 Å². The highest BCUT2D eigenvalue weighted by Gasteiger charge is 2.18. The third-order valence-corrected chi connectivity index (χ3v) is 3.93. The number of benzene rings is 1. The summed E-state index contributed by atoms with van der Waals surface area (Å²) in [7, 11) is 2.77. The lowest BCUT2D eigenvalue weighted by molar-refractivity contribution is -0.139. The molecule has 0 saturated heterocycles. The molecule has 0 fully saturated rings. The number of methoxy groups -OCH3 is 2. The van der Waals surface area contributed by atoms with Gasteiger partial charge in [0.25, 0.3) is 0 Å². The third-order valence-electron chi connectivity index (χ3n) is 3.93. The summed E-state index contributed by atoms with van der Waals surface area (Å²) >= 11 is 0. The Hall–Kier alpha value is -2.72. The van der Waals surface area contributed by atoms with Crippen LogP contribution in [0, 0.1) is 4.91 Å². The zero-order chi connectivity index (χ0) is 20.9. The summed E-state index contributed by atoms with van der Waals surface area (Å²) in [6, 6.07) is 2.77. The molecule has 4 N–H and O–H groups in total. The van der Waals surface area contributed by atoms with Gasteiger partial charge in [0.05, 0.1) is 27.4 Å². The molecule has 1 rings (SSSR count). The molecule has 1 aromatic rings. The van der Waals surface area contributed by atoms with Crippen molar-refractivity contribution in [2.24, 2.45) is 10.9 Å². The second kappa shape index (κ2) is 12.6. The number of carbonyl (C=O) groups excluding carboxylic acids is 2. The van der Waals surface area contributed by atoms with E-state index in [1.807, 2.05) is 0 Å². The Kier molecular flexibility index (Phi) is 10.5. The molecule has 0 aliphatic heterocycles. The second-order valence-corrected chi connectivity index (χ2v) is 5.92. The van der Waals surface area contributed by atoms with Gasteiger partial charge >= 0.3 is 5.97 Å². The predicted octanol–water partition coefficient (Wildman–Crippen LogP) is 1.15. The Morgan fingerprint density at radius 1 is 1.25 bits per heavy atom. The van der Waals surface area contributed by atoms with E-state index in [1.54, 1.807) is 13.0 Å². The lowest BCUT2D eigenvalue weighted by Gasteiger charge is -2.18. The van der Waals surface area contributed by atoms with E-state index in [1.165, 1.54) is 20.3 Å². The van der Waals surface area contributed by atoms with Crippen molar-refractivity contribution in [1.29, 1.82) is 0 Å². The van der Waals surface area contributed by atoms with Gasteiger partial charge in [-0.2, -0.15) is 0 Å². The lowest BCUT2D eigenvalue weighted by atomic mass is 10.0. The van der Waals surface area contributed by atoms with Crippen LogP contribution in [0.1, 0.15) is 31.4 Å². The predicted molar refractivity (Wildman–Crippen MR) is 104 cm³/mol. The van der Waals surface area contributed by atoms with Crippen LogP contribution in [0.2, 0.25) is 0 Å². The van der Waals surface area contributed by atoms with E-state index < -0.39 is 5.97 Å². The maximum absolute atomic E-state index is 11.5. The molecule has 10 heteroatoms. The fourth-order valence-corrected chi connectivity index (χ4v) is 2.40. The number of nitrogens with zero attached hydrogens (tertiary/aromatic N) is 1. The van der Waals surface area contributed by atoms with Gasteiger partial charge in [0.1, 0.15) is 5.69 Å². The lowest BCUT2D eigenvalue weighted by Crippen LogP contribution is -2.29. The maximum atomic E-state index is 11.5. The zero-order valence-corrected chi connectivity index (χ0v) is 16.4. The molecule has 10 nitrogen and oxygen atoms in total. The van der Waals surface area contributed by atoms with E-state index >= 15 is 0 Å². The highest BCUT2D eigenvalue weighted by Crippen LogP contribution is 2.37. The van der Waals surface area contributed by atoms with Crippen LogP contribution in [0.5, 0.6) is 11.5 Å². The van der Waals surface area contributed by atoms with Crippen LogP contribution in [0.3, 0.4) is 0 Å². The van der Waals surface area contributed by atoms with Gasteiger partial charge in [0, 0.05) is 37.2 Å². The van der Waals surface area contributed by atoms with Crippen molar-refractivity contribution in [3.05, 3.63) is 22.6 Å². The fraction of sp³-hybridized carbons (Fsp3) is 0.556. The number of esters is 1. The van der Waals surface area contributed by atoms with E-state index in [0.29, 0.717) is 43.0 Å². The summed E-state index contributed by atoms with van der Waals surface area (Å²) in [5.74, 6) is 0.247. The van der Waals surface area contributed by atoms with Crippen molar-refractivity contribution in [3.8, 4) is 11.5 Å². The van der Waals surface area contributed by atoms with Crippen LogP contribution in [0.25, 0.3) is 0 Å². The minimum atomic E-state index is -0.421. The van der Waals surface area contributed by atoms with Crippen LogP contribution in [-0.4, -0.2) is 52.3 Å². The summed E-state index contributed by atoms with van der Waals surface area (Å²) in [6.07, 6.45) is 0.788. The minimum Gasteiger partial charge on any atom is -0.493 e. The first-order chi connectivity index (χ1) is 13.5. The number of hydrogen-bond acceptors (Lipinski definition) is 9. The highest BCUT2D eigenvalue weighted by molar-refractivity contribution is 5.75. The van der Waals surface area contributed by atoms with Crippen molar-refractivity contribution in [2.75, 3.05) is 40.5 Å². The first kappa shape index (κ1) is 23.3.